The van der Waals surface area contributed by atoms with E-state index in [0.717, 1.165) is 12.8 Å². The minimum Gasteiger partial charge on any atom is -0.450 e. The van der Waals surface area contributed by atoms with Crippen molar-refractivity contribution in [2.45, 2.75) is 18.9 Å². The number of rotatable bonds is 7. The van der Waals surface area contributed by atoms with Crippen molar-refractivity contribution in [2.24, 2.45) is 0 Å². The highest BCUT2D eigenvalue weighted by Gasteiger charge is 2.21. The normalized spacial score (nSPS) is 15.3. The van der Waals surface area contributed by atoms with Gasteiger partial charge in [-0.25, -0.2) is 0 Å². The molecule has 0 aliphatic heterocycles. The van der Waals surface area contributed by atoms with Crippen molar-refractivity contribution in [3.8, 4) is 5.88 Å². The average Bonchev–Trinajstić information content (AvgIpc) is 3.06. The van der Waals surface area contributed by atoms with Gasteiger partial charge in [0.1, 0.15) is 5.82 Å². The number of ether oxygens (including phenoxy) is 2. The van der Waals surface area contributed by atoms with E-state index in [2.05, 4.69) is 20.0 Å². The van der Waals surface area contributed by atoms with E-state index in [1.165, 1.54) is 0 Å². The molecule has 19 heavy (non-hydrogen) atoms. The third-order valence-electron chi connectivity index (χ3n) is 2.20. The molecule has 10 heteroatoms. The van der Waals surface area contributed by atoms with Gasteiger partial charge in [-0.15, -0.1) is 0 Å². The third-order valence-corrected chi connectivity index (χ3v) is 2.72. The zero-order valence-corrected chi connectivity index (χ0v) is 10.9. The Labute approximate surface area is 109 Å². The van der Waals surface area contributed by atoms with Crippen LogP contribution >= 0.6 is 7.60 Å². The van der Waals surface area contributed by atoms with E-state index in [9.17, 15) is 4.57 Å². The van der Waals surface area contributed by atoms with E-state index in [0.29, 0.717) is 11.9 Å². The summed E-state index contributed by atoms with van der Waals surface area (Å²) in [5, 5.41) is 3.14. The van der Waals surface area contributed by atoms with Crippen molar-refractivity contribution in [1.82, 2.24) is 9.97 Å². The topological polar surface area (TPSA) is 140 Å². The van der Waals surface area contributed by atoms with Gasteiger partial charge in [0.25, 0.3) is 0 Å². The Morgan fingerprint density at radius 2 is 2.21 bits per heavy atom. The Morgan fingerprint density at radius 3 is 2.84 bits per heavy atom. The zero-order valence-electron chi connectivity index (χ0n) is 10.0. The molecule has 0 bridgehead atoms. The van der Waals surface area contributed by atoms with Crippen molar-refractivity contribution in [3.05, 3.63) is 6.07 Å². The third kappa shape index (κ3) is 5.39. The predicted octanol–water partition coefficient (Wildman–Crippen LogP) is 0.121. The fraction of sp³-hybridized carbons (Fsp3) is 0.556. The summed E-state index contributed by atoms with van der Waals surface area (Å²) in [6.07, 6.45) is 1.47. The summed E-state index contributed by atoms with van der Waals surface area (Å²) in [6.45, 7) is -0.329. The highest BCUT2D eigenvalue weighted by molar-refractivity contribution is 7.51. The van der Waals surface area contributed by atoms with Crippen molar-refractivity contribution < 1.29 is 23.8 Å². The lowest BCUT2D eigenvalue weighted by Crippen LogP contribution is -2.09. The van der Waals surface area contributed by atoms with Crippen LogP contribution in [-0.4, -0.2) is 38.9 Å². The van der Waals surface area contributed by atoms with Crippen LogP contribution in [0, 0.1) is 0 Å². The Hall–Kier alpha value is -1.41. The molecule has 0 radical (unpaired) electrons. The summed E-state index contributed by atoms with van der Waals surface area (Å²) in [5.41, 5.74) is 5.52. The first-order valence-corrected chi connectivity index (χ1v) is 7.38. The zero-order chi connectivity index (χ0) is 13.9. The lowest BCUT2D eigenvalue weighted by Gasteiger charge is -2.09. The number of nitrogens with two attached hydrogens (primary N) is 1. The second kappa shape index (κ2) is 5.70. The van der Waals surface area contributed by atoms with E-state index in [4.69, 9.17) is 20.3 Å². The van der Waals surface area contributed by atoms with Gasteiger partial charge in [0.2, 0.25) is 11.8 Å². The molecule has 106 valence electrons. The van der Waals surface area contributed by atoms with Gasteiger partial charge in [-0.05, 0) is 12.8 Å². The van der Waals surface area contributed by atoms with Crippen LogP contribution in [0.2, 0.25) is 0 Å². The average molecular weight is 290 g/mol. The molecule has 5 N–H and O–H groups in total. The quantitative estimate of drug-likeness (QED) is 0.313. The Morgan fingerprint density at radius 1 is 1.47 bits per heavy atom. The number of hydrogen-bond acceptors (Lipinski definition) is 7. The SMILES string of the molecule is Nc1nc(NC2CC2)cc(OCOCP(=O)(O)O)n1. The summed E-state index contributed by atoms with van der Waals surface area (Å²) in [5.74, 6) is 0.789. The fourth-order valence-electron chi connectivity index (χ4n) is 1.29. The number of aromatic nitrogens is 2. The molecule has 0 saturated heterocycles. The van der Waals surface area contributed by atoms with E-state index < -0.39 is 13.9 Å². The van der Waals surface area contributed by atoms with Crippen LogP contribution in [0.1, 0.15) is 12.8 Å². The van der Waals surface area contributed by atoms with Crippen LogP contribution in [0.15, 0.2) is 6.07 Å². The molecule has 0 aromatic carbocycles. The van der Waals surface area contributed by atoms with E-state index in [1.807, 2.05) is 0 Å². The van der Waals surface area contributed by atoms with Gasteiger partial charge in [-0.1, -0.05) is 0 Å². The molecule has 1 saturated carbocycles. The molecular weight excluding hydrogens is 275 g/mol. The molecule has 0 spiro atoms. The van der Waals surface area contributed by atoms with Crippen LogP contribution in [0.25, 0.3) is 0 Å². The Bertz CT molecular complexity index is 489. The molecular formula is C9H15N4O5P. The van der Waals surface area contributed by atoms with Gasteiger partial charge in [0.15, 0.2) is 13.1 Å². The van der Waals surface area contributed by atoms with Crippen molar-refractivity contribution in [1.29, 1.82) is 0 Å². The first-order chi connectivity index (χ1) is 8.92. The fourth-order valence-corrected chi connectivity index (χ4v) is 1.60. The van der Waals surface area contributed by atoms with Crippen LogP contribution in [0.4, 0.5) is 11.8 Å². The van der Waals surface area contributed by atoms with E-state index in [1.54, 1.807) is 6.07 Å². The molecule has 9 nitrogen and oxygen atoms in total. The minimum absolute atomic E-state index is 0.0515. The minimum atomic E-state index is -4.19. The largest absolute Gasteiger partial charge is 0.450 e. The smallest absolute Gasteiger partial charge is 0.351 e. The van der Waals surface area contributed by atoms with E-state index in [-0.39, 0.29) is 18.6 Å². The number of nitrogens with one attached hydrogen (secondary N) is 1. The molecule has 1 aromatic heterocycles. The van der Waals surface area contributed by atoms with Crippen LogP contribution in [0.3, 0.4) is 0 Å². The highest BCUT2D eigenvalue weighted by atomic mass is 31.2. The number of nitrogens with zero attached hydrogens (tertiary/aromatic N) is 2. The summed E-state index contributed by atoms with van der Waals surface area (Å²) < 4.78 is 20.3. The number of anilines is 2. The molecule has 2 rings (SSSR count). The molecule has 0 atom stereocenters. The maximum atomic E-state index is 10.5. The second-order valence-electron chi connectivity index (χ2n) is 4.13. The maximum Gasteiger partial charge on any atom is 0.351 e. The van der Waals surface area contributed by atoms with Gasteiger partial charge in [-0.3, -0.25) is 4.57 Å². The number of nitrogen functional groups attached to an aromatic ring is 1. The molecule has 1 aliphatic carbocycles. The number of hydrogen-bond donors (Lipinski definition) is 4. The maximum absolute atomic E-state index is 10.5. The first kappa shape index (κ1) is 14.0. The summed E-state index contributed by atoms with van der Waals surface area (Å²) in [4.78, 5) is 25.0. The second-order valence-corrected chi connectivity index (χ2v) is 5.72. The van der Waals surface area contributed by atoms with Crippen LogP contribution in [0.5, 0.6) is 5.88 Å². The van der Waals surface area contributed by atoms with Crippen LogP contribution < -0.4 is 15.8 Å². The molecule has 1 aromatic rings. The highest BCUT2D eigenvalue weighted by Crippen LogP contribution is 2.33. The molecule has 1 aliphatic rings. The summed E-state index contributed by atoms with van der Waals surface area (Å²) >= 11 is 0. The monoisotopic (exact) mass is 290 g/mol. The molecule has 1 fully saturated rings. The van der Waals surface area contributed by atoms with Crippen LogP contribution in [-0.2, 0) is 9.30 Å². The van der Waals surface area contributed by atoms with Gasteiger partial charge < -0.3 is 30.3 Å². The van der Waals surface area contributed by atoms with Crippen molar-refractivity contribution in [2.75, 3.05) is 24.2 Å². The van der Waals surface area contributed by atoms with Crippen molar-refractivity contribution in [3.63, 3.8) is 0 Å². The van der Waals surface area contributed by atoms with Gasteiger partial charge in [-0.2, -0.15) is 9.97 Å². The standard InChI is InChI=1S/C9H15N4O5P/c10-9-12-7(11-6-1-2-6)3-8(13-9)18-4-17-5-19(14,15)16/h3,6H,1-2,4-5H2,(H2,14,15,16)(H3,10,11,12,13). The van der Waals surface area contributed by atoms with Gasteiger partial charge in [0.05, 0.1) is 0 Å². The summed E-state index contributed by atoms with van der Waals surface area (Å²) in [6, 6.07) is 1.96. The lowest BCUT2D eigenvalue weighted by molar-refractivity contribution is 0.0294. The van der Waals surface area contributed by atoms with Gasteiger partial charge in [0, 0.05) is 12.1 Å². The Balaban J connectivity index is 1.85. The molecule has 1 heterocycles. The first-order valence-electron chi connectivity index (χ1n) is 5.58. The molecule has 0 amide bonds. The Kier molecular flexibility index (Phi) is 4.20. The van der Waals surface area contributed by atoms with Gasteiger partial charge >= 0.3 is 7.60 Å². The van der Waals surface area contributed by atoms with E-state index >= 15 is 0 Å². The van der Waals surface area contributed by atoms with Crippen molar-refractivity contribution >= 4 is 19.4 Å². The summed E-state index contributed by atoms with van der Waals surface area (Å²) in [7, 11) is -4.19. The lowest BCUT2D eigenvalue weighted by atomic mass is 10.5. The molecule has 0 unspecified atom stereocenters. The predicted molar refractivity (Wildman–Crippen MR) is 66.6 cm³/mol.